The van der Waals surface area contributed by atoms with Crippen molar-refractivity contribution in [3.8, 4) is 11.3 Å². The van der Waals surface area contributed by atoms with Crippen molar-refractivity contribution in [2.24, 2.45) is 0 Å². The number of alkyl halides is 1. The number of aromatic nitrogens is 5. The van der Waals surface area contributed by atoms with E-state index in [0.717, 1.165) is 16.7 Å². The lowest BCUT2D eigenvalue weighted by Gasteiger charge is -2.06. The van der Waals surface area contributed by atoms with Crippen molar-refractivity contribution in [1.29, 1.82) is 0 Å². The van der Waals surface area contributed by atoms with Crippen molar-refractivity contribution >= 4 is 62.6 Å². The molecular formula is C42H38BrN9O9. The largest absolute Gasteiger partial charge is 0.461 e. The summed E-state index contributed by atoms with van der Waals surface area (Å²) < 4.78 is 12.0. The highest BCUT2D eigenvalue weighted by Crippen LogP contribution is 2.22. The standard InChI is InChI=1S/C21H16N4O4.C12H12N4O2.C8H6BrNO3.CH4/c26-20(29-14-15-4-2-1-3-5-15)10-16-11-22-21-23-19(13-24(21)12-16)17-6-8-18(9-7-17)25(27)28;13-11-14-6-10(7-15-11)16-12(17)18-8-9-4-2-1-3-5-9;9-5-8(11)6-1-3-7(4-2-6)10(12)13;/h1-9,11-13H,10,14H2;1-7H,8H2,(H,16,17)(H2,13,14,15);1-4H,5H2;1H4. The van der Waals surface area contributed by atoms with Gasteiger partial charge in [-0.15, -0.1) is 0 Å². The van der Waals surface area contributed by atoms with E-state index in [1.54, 1.807) is 35.1 Å². The molecule has 0 bridgehead atoms. The van der Waals surface area contributed by atoms with E-state index in [1.165, 1.54) is 48.8 Å². The van der Waals surface area contributed by atoms with Gasteiger partial charge in [-0.2, -0.15) is 0 Å². The number of Topliss-reactive ketones (excluding diaryl/α,β-unsaturated/α-hetero) is 1. The lowest BCUT2D eigenvalue weighted by atomic mass is 10.1. The van der Waals surface area contributed by atoms with Crippen LogP contribution in [0.4, 0.5) is 27.8 Å². The summed E-state index contributed by atoms with van der Waals surface area (Å²) in [5.41, 5.74) is 10.2. The highest BCUT2D eigenvalue weighted by Gasteiger charge is 2.12. The van der Waals surface area contributed by atoms with E-state index >= 15 is 0 Å². The van der Waals surface area contributed by atoms with Crippen LogP contribution in [0.2, 0.25) is 0 Å². The monoisotopic (exact) mass is 891 g/mol. The summed E-state index contributed by atoms with van der Waals surface area (Å²) in [7, 11) is 0. The van der Waals surface area contributed by atoms with Gasteiger partial charge in [0.1, 0.15) is 13.2 Å². The van der Waals surface area contributed by atoms with E-state index in [0.29, 0.717) is 28.3 Å². The Hall–Kier alpha value is -7.93. The van der Waals surface area contributed by atoms with Crippen molar-refractivity contribution < 1.29 is 33.7 Å². The van der Waals surface area contributed by atoms with Crippen molar-refractivity contribution in [3.63, 3.8) is 0 Å². The molecule has 0 fully saturated rings. The molecule has 0 saturated carbocycles. The van der Waals surface area contributed by atoms with Crippen LogP contribution >= 0.6 is 15.9 Å². The molecule has 4 aromatic carbocycles. The van der Waals surface area contributed by atoms with Gasteiger partial charge in [0.2, 0.25) is 11.7 Å². The minimum atomic E-state index is -0.563. The van der Waals surface area contributed by atoms with Gasteiger partial charge in [0, 0.05) is 54.0 Å². The second-order valence-corrected chi connectivity index (χ2v) is 12.9. The van der Waals surface area contributed by atoms with E-state index < -0.39 is 15.9 Å². The number of carbonyl (C=O) groups is 3. The number of ketones is 1. The van der Waals surface area contributed by atoms with Gasteiger partial charge >= 0.3 is 12.1 Å². The Balaban J connectivity index is 0.000000219. The molecular weight excluding hydrogens is 854 g/mol. The Morgan fingerprint density at radius 1 is 0.705 bits per heavy atom. The summed E-state index contributed by atoms with van der Waals surface area (Å²) in [5, 5.41) is 23.8. The molecule has 0 aliphatic rings. The van der Waals surface area contributed by atoms with E-state index in [1.807, 2.05) is 60.7 Å². The number of nitrogens with zero attached hydrogens (tertiary/aromatic N) is 7. The first kappa shape index (κ1) is 45.8. The SMILES string of the molecule is C.Nc1ncc(NC(=O)OCc2ccccc2)cn1.O=C(CBr)c1ccc([N+](=O)[O-])cc1.O=C(Cc1cnc2nc(-c3ccc([N+](=O)[O-])cc3)cn2c1)OCc1ccccc1. The van der Waals surface area contributed by atoms with Crippen LogP contribution in [0.5, 0.6) is 0 Å². The van der Waals surface area contributed by atoms with Gasteiger partial charge in [-0.3, -0.25) is 39.5 Å². The number of esters is 1. The molecule has 0 atom stereocenters. The number of halogens is 1. The molecule has 7 rings (SSSR count). The summed E-state index contributed by atoms with van der Waals surface area (Å²) in [6, 6.07) is 30.6. The zero-order chi connectivity index (χ0) is 42.9. The maximum atomic E-state index is 12.1. The number of hydrogen-bond donors (Lipinski definition) is 2. The van der Waals surface area contributed by atoms with Crippen LogP contribution in [-0.2, 0) is 33.9 Å². The Kier molecular flexibility index (Phi) is 17.2. The van der Waals surface area contributed by atoms with Gasteiger partial charge in [-0.05, 0) is 41.0 Å². The third-order valence-corrected chi connectivity index (χ3v) is 8.49. The number of anilines is 2. The molecule has 3 heterocycles. The van der Waals surface area contributed by atoms with Gasteiger partial charge in [0.25, 0.3) is 11.4 Å². The first-order chi connectivity index (χ1) is 29.0. The minimum Gasteiger partial charge on any atom is -0.461 e. The van der Waals surface area contributed by atoms with Crippen molar-refractivity contribution in [3.05, 3.63) is 183 Å². The number of nitrogens with one attached hydrogen (secondary N) is 1. The normalized spacial score (nSPS) is 10.0. The first-order valence-electron chi connectivity index (χ1n) is 17.6. The second-order valence-electron chi connectivity index (χ2n) is 12.3. The minimum absolute atomic E-state index is 0. The van der Waals surface area contributed by atoms with Crippen molar-refractivity contribution in [2.75, 3.05) is 16.4 Å². The fourth-order valence-corrected chi connectivity index (χ4v) is 5.32. The van der Waals surface area contributed by atoms with E-state index in [2.05, 4.69) is 41.2 Å². The molecule has 312 valence electrons. The van der Waals surface area contributed by atoms with Crippen molar-refractivity contribution in [1.82, 2.24) is 24.3 Å². The number of rotatable bonds is 12. The predicted octanol–water partition coefficient (Wildman–Crippen LogP) is 8.21. The van der Waals surface area contributed by atoms with Gasteiger partial charge in [-0.25, -0.2) is 24.7 Å². The quantitative estimate of drug-likeness (QED) is 0.0386. The number of fused-ring (bicyclic) bond motifs is 1. The lowest BCUT2D eigenvalue weighted by Crippen LogP contribution is -2.14. The van der Waals surface area contributed by atoms with Crippen LogP contribution in [0.1, 0.15) is 34.5 Å². The number of nitro groups is 2. The molecule has 3 aromatic heterocycles. The topological polar surface area (TPSA) is 250 Å². The molecule has 0 aliphatic heterocycles. The zero-order valence-electron chi connectivity index (χ0n) is 31.4. The van der Waals surface area contributed by atoms with Crippen LogP contribution in [0.15, 0.2) is 140 Å². The van der Waals surface area contributed by atoms with Crippen molar-refractivity contribution in [2.45, 2.75) is 27.1 Å². The Morgan fingerprint density at radius 2 is 1.25 bits per heavy atom. The molecule has 0 aliphatic carbocycles. The summed E-state index contributed by atoms with van der Waals surface area (Å²) in [6.07, 6.45) is 7.48. The number of imidazole rings is 1. The molecule has 61 heavy (non-hydrogen) atoms. The van der Waals surface area contributed by atoms with Gasteiger partial charge in [-0.1, -0.05) is 84.0 Å². The number of amides is 1. The maximum absolute atomic E-state index is 12.1. The third kappa shape index (κ3) is 14.4. The molecule has 18 nitrogen and oxygen atoms in total. The average Bonchev–Trinajstić information content (AvgIpc) is 3.70. The Labute approximate surface area is 356 Å². The molecule has 1 amide bonds. The number of non-ortho nitro benzene ring substituents is 2. The number of hydrogen-bond acceptors (Lipinski definition) is 14. The van der Waals surface area contributed by atoms with E-state index in [-0.39, 0.29) is 61.5 Å². The predicted molar refractivity (Wildman–Crippen MR) is 230 cm³/mol. The van der Waals surface area contributed by atoms with Gasteiger partial charge in [0.15, 0.2) is 5.78 Å². The molecule has 0 spiro atoms. The average molecular weight is 893 g/mol. The first-order valence-corrected chi connectivity index (χ1v) is 18.8. The number of nitrogens with two attached hydrogens (primary N) is 1. The van der Waals surface area contributed by atoms with Gasteiger partial charge in [0.05, 0.1) is 45.4 Å². The molecule has 0 saturated heterocycles. The fraction of sp³-hybridized carbons (Fsp3) is 0.119. The number of nitrogen functional groups attached to an aromatic ring is 1. The van der Waals surface area contributed by atoms with Crippen LogP contribution in [0.25, 0.3) is 17.0 Å². The molecule has 7 aromatic rings. The van der Waals surface area contributed by atoms with Crippen LogP contribution < -0.4 is 11.1 Å². The van der Waals surface area contributed by atoms with Crippen LogP contribution in [0, 0.1) is 20.2 Å². The fourth-order valence-electron chi connectivity index (χ4n) is 4.99. The highest BCUT2D eigenvalue weighted by molar-refractivity contribution is 9.09. The number of carbonyl (C=O) groups excluding carboxylic acids is 3. The molecule has 0 radical (unpaired) electrons. The smallest absolute Gasteiger partial charge is 0.412 e. The van der Waals surface area contributed by atoms with E-state index in [4.69, 9.17) is 15.2 Å². The summed E-state index contributed by atoms with van der Waals surface area (Å²) in [4.78, 5) is 70.9. The summed E-state index contributed by atoms with van der Waals surface area (Å²) in [5.74, 6) is 0.193. The Morgan fingerprint density at radius 3 is 1.79 bits per heavy atom. The summed E-state index contributed by atoms with van der Waals surface area (Å²) in [6.45, 7) is 0.438. The molecule has 3 N–H and O–H groups in total. The number of nitro benzene ring substituents is 2. The zero-order valence-corrected chi connectivity index (χ0v) is 33.0. The van der Waals surface area contributed by atoms with Crippen LogP contribution in [0.3, 0.4) is 0 Å². The van der Waals surface area contributed by atoms with Gasteiger partial charge < -0.3 is 15.2 Å². The second kappa shape index (κ2) is 22.9. The molecule has 19 heteroatoms. The molecule has 0 unspecified atom stereocenters. The number of benzene rings is 4. The third-order valence-electron chi connectivity index (χ3n) is 7.98. The van der Waals surface area contributed by atoms with Crippen LogP contribution in [-0.4, -0.2) is 57.4 Å². The lowest BCUT2D eigenvalue weighted by molar-refractivity contribution is -0.385. The number of ether oxygens (including phenoxy) is 2. The highest BCUT2D eigenvalue weighted by atomic mass is 79.9. The maximum Gasteiger partial charge on any atom is 0.412 e. The van der Waals surface area contributed by atoms with E-state index in [9.17, 15) is 34.6 Å². The summed E-state index contributed by atoms with van der Waals surface area (Å²) >= 11 is 3.02. The Bertz CT molecular complexity index is 2540.